The first-order valence-corrected chi connectivity index (χ1v) is 6.25. The number of hydrogen-bond donors (Lipinski definition) is 0. The van der Waals surface area contributed by atoms with Gasteiger partial charge in [0.2, 0.25) is 0 Å². The van der Waals surface area contributed by atoms with Gasteiger partial charge in [0.25, 0.3) is 0 Å². The van der Waals surface area contributed by atoms with Crippen LogP contribution in [0.25, 0.3) is 0 Å². The van der Waals surface area contributed by atoms with Crippen LogP contribution < -0.4 is 0 Å². The van der Waals surface area contributed by atoms with Crippen LogP contribution in [-0.4, -0.2) is 49.6 Å². The summed E-state index contributed by atoms with van der Waals surface area (Å²) in [5.74, 6) is 1.06. The Hall–Kier alpha value is -0.0800. The van der Waals surface area contributed by atoms with Crippen LogP contribution in [0.4, 0.5) is 0 Å². The van der Waals surface area contributed by atoms with Gasteiger partial charge in [0.1, 0.15) is 0 Å². The Balaban J connectivity index is 1.60. The molecule has 2 heteroatoms. The van der Waals surface area contributed by atoms with Crippen LogP contribution >= 0.6 is 0 Å². The van der Waals surface area contributed by atoms with Crippen molar-refractivity contribution in [3.05, 3.63) is 0 Å². The highest BCUT2D eigenvalue weighted by Gasteiger charge is 2.18. The molecule has 2 fully saturated rings. The lowest BCUT2D eigenvalue weighted by atomic mass is 10.0. The Bertz CT molecular complexity index is 156. The minimum atomic E-state index is 1.06. The van der Waals surface area contributed by atoms with Crippen molar-refractivity contribution in [3.63, 3.8) is 0 Å². The van der Waals surface area contributed by atoms with Gasteiger partial charge in [0.15, 0.2) is 0 Å². The van der Waals surface area contributed by atoms with E-state index in [9.17, 15) is 0 Å². The predicted octanol–water partition coefficient (Wildman–Crippen LogP) is 1.81. The molecule has 0 unspecified atom stereocenters. The van der Waals surface area contributed by atoms with E-state index in [1.165, 1.54) is 64.8 Å². The lowest BCUT2D eigenvalue weighted by molar-refractivity contribution is 0.147. The second-order valence-corrected chi connectivity index (χ2v) is 5.08. The first-order valence-electron chi connectivity index (χ1n) is 6.25. The van der Waals surface area contributed by atoms with Crippen molar-refractivity contribution in [1.82, 2.24) is 9.80 Å². The third-order valence-electron chi connectivity index (χ3n) is 3.92. The van der Waals surface area contributed by atoms with E-state index < -0.39 is 0 Å². The summed E-state index contributed by atoms with van der Waals surface area (Å²) in [6, 6.07) is 0. The molecule has 82 valence electrons. The lowest BCUT2D eigenvalue weighted by Gasteiger charge is -2.32. The number of piperazine rings is 1. The van der Waals surface area contributed by atoms with Crippen molar-refractivity contribution < 1.29 is 0 Å². The van der Waals surface area contributed by atoms with E-state index >= 15 is 0 Å². The van der Waals surface area contributed by atoms with Crippen molar-refractivity contribution in [2.24, 2.45) is 5.92 Å². The molecular formula is C12H24N2. The fraction of sp³-hybridized carbons (Fsp3) is 1.00. The molecule has 0 bridgehead atoms. The largest absolute Gasteiger partial charge is 0.304 e. The van der Waals surface area contributed by atoms with E-state index in [4.69, 9.17) is 0 Å². The van der Waals surface area contributed by atoms with Gasteiger partial charge in [-0.1, -0.05) is 25.7 Å². The predicted molar refractivity (Wildman–Crippen MR) is 60.5 cm³/mol. The summed E-state index contributed by atoms with van der Waals surface area (Å²) >= 11 is 0. The van der Waals surface area contributed by atoms with Gasteiger partial charge in [-0.2, -0.15) is 0 Å². The van der Waals surface area contributed by atoms with Crippen LogP contribution in [0.15, 0.2) is 0 Å². The summed E-state index contributed by atoms with van der Waals surface area (Å²) in [4.78, 5) is 5.09. The topological polar surface area (TPSA) is 6.48 Å². The number of hydrogen-bond acceptors (Lipinski definition) is 2. The molecule has 0 spiro atoms. The Morgan fingerprint density at radius 2 is 1.64 bits per heavy atom. The third kappa shape index (κ3) is 2.96. The zero-order chi connectivity index (χ0) is 9.80. The average Bonchev–Trinajstić information content (AvgIpc) is 2.70. The number of nitrogens with zero attached hydrogens (tertiary/aromatic N) is 2. The molecule has 1 heterocycles. The molecule has 0 N–H and O–H groups in total. The first-order chi connectivity index (χ1) is 6.84. The average molecular weight is 196 g/mol. The summed E-state index contributed by atoms with van der Waals surface area (Å²) in [6.45, 7) is 6.49. The smallest absolute Gasteiger partial charge is 0.0110 e. The van der Waals surface area contributed by atoms with Crippen molar-refractivity contribution in [3.8, 4) is 0 Å². The molecule has 1 saturated heterocycles. The molecule has 0 aromatic heterocycles. The Morgan fingerprint density at radius 1 is 1.00 bits per heavy atom. The highest BCUT2D eigenvalue weighted by Crippen LogP contribution is 2.27. The van der Waals surface area contributed by atoms with Crippen LogP contribution in [0, 0.1) is 5.92 Å². The number of rotatable bonds is 3. The number of likely N-dealkylation sites (N-methyl/N-ethyl adjacent to an activating group) is 1. The lowest BCUT2D eigenvalue weighted by Crippen LogP contribution is -2.44. The van der Waals surface area contributed by atoms with E-state index in [0.717, 1.165) is 5.92 Å². The van der Waals surface area contributed by atoms with Gasteiger partial charge in [0.05, 0.1) is 0 Å². The quantitative estimate of drug-likeness (QED) is 0.679. The van der Waals surface area contributed by atoms with Gasteiger partial charge in [0, 0.05) is 26.2 Å². The second-order valence-electron chi connectivity index (χ2n) is 5.08. The Labute approximate surface area is 88.3 Å². The zero-order valence-corrected chi connectivity index (χ0v) is 9.54. The molecule has 0 amide bonds. The Kier molecular flexibility index (Phi) is 3.82. The van der Waals surface area contributed by atoms with E-state index in [0.29, 0.717) is 0 Å². The summed E-state index contributed by atoms with van der Waals surface area (Å²) in [6.07, 6.45) is 7.46. The van der Waals surface area contributed by atoms with E-state index in [2.05, 4.69) is 16.8 Å². The van der Waals surface area contributed by atoms with Gasteiger partial charge in [-0.15, -0.1) is 0 Å². The van der Waals surface area contributed by atoms with Crippen LogP contribution in [0.2, 0.25) is 0 Å². The highest BCUT2D eigenvalue weighted by atomic mass is 15.2. The van der Waals surface area contributed by atoms with E-state index in [-0.39, 0.29) is 0 Å². The SMILES string of the molecule is CN1CCN(CCC2CCCC2)CC1. The summed E-state index contributed by atoms with van der Waals surface area (Å²) in [5, 5.41) is 0. The molecule has 0 radical (unpaired) electrons. The standard InChI is InChI=1S/C12H24N2/c1-13-8-10-14(11-9-13)7-6-12-4-2-3-5-12/h12H,2-11H2,1H3. The van der Waals surface area contributed by atoms with Crippen molar-refractivity contribution in [2.45, 2.75) is 32.1 Å². The summed E-state index contributed by atoms with van der Waals surface area (Å²) < 4.78 is 0. The fourth-order valence-corrected chi connectivity index (χ4v) is 2.74. The minimum Gasteiger partial charge on any atom is -0.304 e. The molecule has 0 aromatic rings. The summed E-state index contributed by atoms with van der Waals surface area (Å²) in [7, 11) is 2.23. The maximum atomic E-state index is 2.65. The minimum absolute atomic E-state index is 1.06. The molecule has 0 atom stereocenters. The van der Waals surface area contributed by atoms with Crippen LogP contribution in [0.1, 0.15) is 32.1 Å². The molecule has 2 nitrogen and oxygen atoms in total. The first kappa shape index (κ1) is 10.4. The molecule has 2 aliphatic rings. The van der Waals surface area contributed by atoms with Gasteiger partial charge >= 0.3 is 0 Å². The third-order valence-corrected chi connectivity index (χ3v) is 3.92. The molecule has 2 rings (SSSR count). The van der Waals surface area contributed by atoms with Crippen LogP contribution in [0.5, 0.6) is 0 Å². The van der Waals surface area contributed by atoms with Gasteiger partial charge in [-0.05, 0) is 25.9 Å². The van der Waals surface area contributed by atoms with Crippen molar-refractivity contribution in [2.75, 3.05) is 39.8 Å². The van der Waals surface area contributed by atoms with E-state index in [1.54, 1.807) is 0 Å². The second kappa shape index (κ2) is 5.13. The molecule has 1 aliphatic heterocycles. The monoisotopic (exact) mass is 196 g/mol. The van der Waals surface area contributed by atoms with Gasteiger partial charge < -0.3 is 9.80 Å². The zero-order valence-electron chi connectivity index (χ0n) is 9.54. The van der Waals surface area contributed by atoms with Crippen LogP contribution in [0.3, 0.4) is 0 Å². The fourth-order valence-electron chi connectivity index (χ4n) is 2.74. The highest BCUT2D eigenvalue weighted by molar-refractivity contribution is 4.73. The Morgan fingerprint density at radius 3 is 2.29 bits per heavy atom. The van der Waals surface area contributed by atoms with Gasteiger partial charge in [-0.3, -0.25) is 0 Å². The van der Waals surface area contributed by atoms with Crippen LogP contribution in [-0.2, 0) is 0 Å². The van der Waals surface area contributed by atoms with Crippen molar-refractivity contribution in [1.29, 1.82) is 0 Å². The maximum Gasteiger partial charge on any atom is 0.0110 e. The molecule has 1 saturated carbocycles. The summed E-state index contributed by atoms with van der Waals surface area (Å²) in [5.41, 5.74) is 0. The van der Waals surface area contributed by atoms with Crippen molar-refractivity contribution >= 4 is 0 Å². The van der Waals surface area contributed by atoms with E-state index in [1.807, 2.05) is 0 Å². The molecule has 1 aliphatic carbocycles. The molecular weight excluding hydrogens is 172 g/mol. The molecule has 14 heavy (non-hydrogen) atoms. The maximum absolute atomic E-state index is 2.65. The molecule has 0 aromatic carbocycles. The normalized spacial score (nSPS) is 27.2. The van der Waals surface area contributed by atoms with Gasteiger partial charge in [-0.25, -0.2) is 0 Å².